The second-order valence-corrected chi connectivity index (χ2v) is 8.03. The summed E-state index contributed by atoms with van der Waals surface area (Å²) in [5, 5.41) is 8.53. The minimum Gasteiger partial charge on any atom is -0.453 e. The second-order valence-electron chi connectivity index (χ2n) is 6.33. The number of nitrogens with zero attached hydrogens (tertiary/aromatic N) is 2. The molecule has 3 aromatic carbocycles. The first-order chi connectivity index (χ1) is 14.4. The van der Waals surface area contributed by atoms with E-state index in [2.05, 4.69) is 26.1 Å². The number of nitrogens with two attached hydrogens (primary N) is 1. The number of ether oxygens (including phenoxy) is 1. The molecule has 1 heterocycles. The standard InChI is InChI=1S/C21H13BrCl2FN3O2/c22-16-4-2-1-3-15(16)21-28-27-18(30-21)7-11-5-6-17(24)20(19(11)25)29-14-9-12(23)8-13(26)10-14/h1-6,8-10H,7,26H2. The maximum atomic E-state index is 15.1. The number of nitrogen functional groups attached to an aromatic ring is 1. The van der Waals surface area contributed by atoms with Gasteiger partial charge >= 0.3 is 0 Å². The fourth-order valence-corrected chi connectivity index (χ4v) is 3.67. The second kappa shape index (κ2) is 8.63. The van der Waals surface area contributed by atoms with Crippen LogP contribution >= 0.6 is 39.1 Å². The first-order valence-electron chi connectivity index (χ1n) is 8.69. The van der Waals surface area contributed by atoms with Crippen LogP contribution in [0.5, 0.6) is 11.5 Å². The number of halogens is 4. The van der Waals surface area contributed by atoms with E-state index in [0.717, 1.165) is 10.0 Å². The molecule has 0 saturated carbocycles. The average Bonchev–Trinajstić information content (AvgIpc) is 3.15. The molecule has 9 heteroatoms. The van der Waals surface area contributed by atoms with Crippen molar-refractivity contribution < 1.29 is 13.5 Å². The molecule has 0 bridgehead atoms. The Balaban J connectivity index is 1.62. The topological polar surface area (TPSA) is 74.2 Å². The van der Waals surface area contributed by atoms with Crippen LogP contribution in [0, 0.1) is 5.82 Å². The van der Waals surface area contributed by atoms with E-state index in [0.29, 0.717) is 16.6 Å². The maximum absolute atomic E-state index is 15.1. The van der Waals surface area contributed by atoms with Gasteiger partial charge in [0.15, 0.2) is 11.6 Å². The van der Waals surface area contributed by atoms with Gasteiger partial charge in [0, 0.05) is 26.8 Å². The highest BCUT2D eigenvalue weighted by molar-refractivity contribution is 9.10. The van der Waals surface area contributed by atoms with Gasteiger partial charge in [-0.25, -0.2) is 4.39 Å². The Morgan fingerprint density at radius 3 is 2.63 bits per heavy atom. The number of anilines is 1. The van der Waals surface area contributed by atoms with Gasteiger partial charge in [0.05, 0.1) is 17.0 Å². The Kier molecular flexibility index (Phi) is 5.94. The Hall–Kier alpha value is -2.61. The highest BCUT2D eigenvalue weighted by atomic mass is 79.9. The van der Waals surface area contributed by atoms with Gasteiger partial charge in [-0.05, 0) is 46.3 Å². The number of hydrogen-bond donors (Lipinski definition) is 1. The highest BCUT2D eigenvalue weighted by Gasteiger charge is 2.18. The molecule has 0 saturated heterocycles. The van der Waals surface area contributed by atoms with Crippen molar-refractivity contribution in [1.29, 1.82) is 0 Å². The third kappa shape index (κ3) is 4.43. The number of benzene rings is 3. The van der Waals surface area contributed by atoms with Crippen molar-refractivity contribution in [3.8, 4) is 23.0 Å². The van der Waals surface area contributed by atoms with Crippen LogP contribution < -0.4 is 10.5 Å². The van der Waals surface area contributed by atoms with Gasteiger partial charge in [0.2, 0.25) is 11.8 Å². The molecule has 4 rings (SSSR count). The number of rotatable bonds is 5. The van der Waals surface area contributed by atoms with Crippen molar-refractivity contribution >= 4 is 44.8 Å². The summed E-state index contributed by atoms with van der Waals surface area (Å²) in [4.78, 5) is 0. The number of hydrogen-bond acceptors (Lipinski definition) is 5. The monoisotopic (exact) mass is 507 g/mol. The van der Waals surface area contributed by atoms with Crippen LogP contribution in [-0.2, 0) is 6.42 Å². The minimum atomic E-state index is -0.637. The molecule has 152 valence electrons. The maximum Gasteiger partial charge on any atom is 0.248 e. The zero-order chi connectivity index (χ0) is 21.3. The Labute approximate surface area is 189 Å². The van der Waals surface area contributed by atoms with Crippen LogP contribution in [0.3, 0.4) is 0 Å². The predicted octanol–water partition coefficient (Wildman–Crippen LogP) is 6.91. The molecule has 0 unspecified atom stereocenters. The van der Waals surface area contributed by atoms with E-state index < -0.39 is 5.82 Å². The van der Waals surface area contributed by atoms with Gasteiger partial charge in [0.1, 0.15) is 5.75 Å². The van der Waals surface area contributed by atoms with Crippen LogP contribution in [0.2, 0.25) is 10.0 Å². The molecular formula is C21H13BrCl2FN3O2. The zero-order valence-electron chi connectivity index (χ0n) is 15.2. The molecule has 1 aromatic heterocycles. The Bertz CT molecular complexity index is 1210. The summed E-state index contributed by atoms with van der Waals surface area (Å²) in [6.07, 6.45) is 0.0640. The summed E-state index contributed by atoms with van der Waals surface area (Å²) in [6.45, 7) is 0. The molecule has 0 aliphatic carbocycles. The van der Waals surface area contributed by atoms with Gasteiger partial charge in [-0.1, -0.05) is 41.4 Å². The van der Waals surface area contributed by atoms with Gasteiger partial charge in [-0.2, -0.15) is 0 Å². The van der Waals surface area contributed by atoms with Crippen molar-refractivity contribution in [3.63, 3.8) is 0 Å². The van der Waals surface area contributed by atoms with Crippen molar-refractivity contribution in [2.24, 2.45) is 0 Å². The van der Waals surface area contributed by atoms with E-state index in [1.807, 2.05) is 24.3 Å². The Morgan fingerprint density at radius 1 is 1.07 bits per heavy atom. The van der Waals surface area contributed by atoms with Crippen LogP contribution in [0.25, 0.3) is 11.5 Å². The van der Waals surface area contributed by atoms with E-state index in [9.17, 15) is 0 Å². The van der Waals surface area contributed by atoms with Crippen molar-refractivity contribution in [2.75, 3.05) is 5.73 Å². The average molecular weight is 509 g/mol. The lowest BCUT2D eigenvalue weighted by atomic mass is 10.1. The molecule has 0 atom stereocenters. The SMILES string of the molecule is Nc1cc(Cl)cc(Oc2c(Cl)ccc(Cc3nnc(-c4ccccc4Br)o3)c2F)c1. The fraction of sp³-hybridized carbons (Fsp3) is 0.0476. The number of aromatic nitrogens is 2. The third-order valence-electron chi connectivity index (χ3n) is 4.16. The predicted molar refractivity (Wildman–Crippen MR) is 118 cm³/mol. The summed E-state index contributed by atoms with van der Waals surface area (Å²) in [5.74, 6) is 0.0765. The molecule has 2 N–H and O–H groups in total. The molecule has 30 heavy (non-hydrogen) atoms. The smallest absolute Gasteiger partial charge is 0.248 e. The summed E-state index contributed by atoms with van der Waals surface area (Å²) in [6, 6.07) is 15.1. The minimum absolute atomic E-state index is 0.0640. The normalized spacial score (nSPS) is 10.9. The summed E-state index contributed by atoms with van der Waals surface area (Å²) >= 11 is 15.6. The van der Waals surface area contributed by atoms with Crippen LogP contribution in [-0.4, -0.2) is 10.2 Å². The molecule has 0 aliphatic rings. The van der Waals surface area contributed by atoms with Crippen molar-refractivity contribution in [1.82, 2.24) is 10.2 Å². The molecule has 0 spiro atoms. The van der Waals surface area contributed by atoms with E-state index in [1.54, 1.807) is 12.1 Å². The molecular weight excluding hydrogens is 496 g/mol. The van der Waals surface area contributed by atoms with Crippen LogP contribution in [0.4, 0.5) is 10.1 Å². The first kappa shape index (κ1) is 20.7. The summed E-state index contributed by atoms with van der Waals surface area (Å²) < 4.78 is 27.3. The highest BCUT2D eigenvalue weighted by Crippen LogP contribution is 2.36. The van der Waals surface area contributed by atoms with Gasteiger partial charge in [-0.15, -0.1) is 10.2 Å². The van der Waals surface area contributed by atoms with E-state index in [1.165, 1.54) is 18.2 Å². The van der Waals surface area contributed by atoms with Crippen molar-refractivity contribution in [2.45, 2.75) is 6.42 Å². The quantitative estimate of drug-likeness (QED) is 0.296. The summed E-state index contributed by atoms with van der Waals surface area (Å²) in [7, 11) is 0. The largest absolute Gasteiger partial charge is 0.453 e. The lowest BCUT2D eigenvalue weighted by Gasteiger charge is -2.12. The van der Waals surface area contributed by atoms with Gasteiger partial charge < -0.3 is 14.9 Å². The van der Waals surface area contributed by atoms with Crippen LogP contribution in [0.15, 0.2) is 63.5 Å². The Morgan fingerprint density at radius 2 is 1.87 bits per heavy atom. The lowest BCUT2D eigenvalue weighted by molar-refractivity contribution is 0.437. The molecule has 4 aromatic rings. The van der Waals surface area contributed by atoms with Crippen molar-refractivity contribution in [3.05, 3.63) is 86.4 Å². The van der Waals surface area contributed by atoms with Crippen LogP contribution in [0.1, 0.15) is 11.5 Å². The molecule has 0 fully saturated rings. The van der Waals surface area contributed by atoms with E-state index >= 15 is 4.39 Å². The fourth-order valence-electron chi connectivity index (χ4n) is 2.80. The third-order valence-corrected chi connectivity index (χ3v) is 5.36. The summed E-state index contributed by atoms with van der Waals surface area (Å²) in [5.41, 5.74) is 7.17. The van der Waals surface area contributed by atoms with E-state index in [-0.39, 0.29) is 34.4 Å². The van der Waals surface area contributed by atoms with E-state index in [4.69, 9.17) is 38.1 Å². The molecule has 0 aliphatic heterocycles. The van der Waals surface area contributed by atoms with Gasteiger partial charge in [0.25, 0.3) is 0 Å². The zero-order valence-corrected chi connectivity index (χ0v) is 18.3. The first-order valence-corrected chi connectivity index (χ1v) is 10.2. The molecule has 5 nitrogen and oxygen atoms in total. The van der Waals surface area contributed by atoms with Gasteiger partial charge in [-0.3, -0.25) is 0 Å². The lowest BCUT2D eigenvalue weighted by Crippen LogP contribution is -1.98. The molecule has 0 radical (unpaired) electrons. The molecule has 0 amide bonds.